The van der Waals surface area contributed by atoms with Crippen LogP contribution in [0.3, 0.4) is 0 Å². The van der Waals surface area contributed by atoms with Crippen LogP contribution in [-0.2, 0) is 10.2 Å². The molecule has 0 atom stereocenters. The molecule has 0 spiro atoms. The number of rotatable bonds is 2. The van der Waals surface area contributed by atoms with Crippen molar-refractivity contribution in [3.8, 4) is 0 Å². The number of oxazole rings is 1. The second kappa shape index (κ2) is 4.10. The minimum Gasteiger partial charge on any atom is -0.441 e. The molecule has 0 fully saturated rings. The highest BCUT2D eigenvalue weighted by molar-refractivity contribution is 5.88. The second-order valence-corrected chi connectivity index (χ2v) is 4.96. The van der Waals surface area contributed by atoms with Gasteiger partial charge in [0.1, 0.15) is 5.52 Å². The number of nitrogens with two attached hydrogens (primary N) is 1. The van der Waals surface area contributed by atoms with E-state index in [1.54, 1.807) is 14.0 Å². The minimum atomic E-state index is -0.690. The number of carbonyl (C=O) groups is 1. The van der Waals surface area contributed by atoms with E-state index in [0.29, 0.717) is 5.89 Å². The second-order valence-electron chi connectivity index (χ2n) is 4.96. The fourth-order valence-corrected chi connectivity index (χ4v) is 2.00. The molecule has 1 amide bonds. The van der Waals surface area contributed by atoms with Crippen LogP contribution >= 0.6 is 0 Å². The van der Waals surface area contributed by atoms with E-state index in [2.05, 4.69) is 4.98 Å². The molecule has 0 aliphatic heterocycles. The Morgan fingerprint density at radius 1 is 1.44 bits per heavy atom. The van der Waals surface area contributed by atoms with Gasteiger partial charge in [0.05, 0.1) is 5.41 Å². The van der Waals surface area contributed by atoms with Crippen molar-refractivity contribution in [2.45, 2.75) is 26.2 Å². The van der Waals surface area contributed by atoms with Crippen molar-refractivity contribution in [2.24, 2.45) is 5.84 Å². The van der Waals surface area contributed by atoms with Crippen LogP contribution in [0.25, 0.3) is 11.1 Å². The Kier molecular flexibility index (Phi) is 2.86. The molecule has 0 aliphatic rings. The maximum absolute atomic E-state index is 12.1. The molecule has 1 heterocycles. The summed E-state index contributed by atoms with van der Waals surface area (Å²) >= 11 is 0. The number of hydrogen-bond acceptors (Lipinski definition) is 4. The van der Waals surface area contributed by atoms with Crippen LogP contribution < -0.4 is 5.84 Å². The topological polar surface area (TPSA) is 72.4 Å². The molecule has 96 valence electrons. The third-order valence-corrected chi connectivity index (χ3v) is 3.07. The molecule has 0 saturated heterocycles. The SMILES string of the molecule is Cc1nc2cc(C(C)(C)C(=O)N(C)N)ccc2o1. The number of aryl methyl sites for hydroxylation is 1. The molecule has 0 bridgehead atoms. The van der Waals surface area contributed by atoms with Crippen LogP contribution in [0.5, 0.6) is 0 Å². The Balaban J connectivity index is 2.50. The lowest BCUT2D eigenvalue weighted by Gasteiger charge is -2.26. The molecule has 5 heteroatoms. The standard InChI is InChI=1S/C13H17N3O2/c1-8-15-10-7-9(5-6-11(10)18-8)13(2,3)12(17)16(4)14/h5-7H,14H2,1-4H3. The largest absolute Gasteiger partial charge is 0.441 e. The molecule has 1 aromatic carbocycles. The number of aromatic nitrogens is 1. The molecule has 2 rings (SSSR count). The Labute approximate surface area is 106 Å². The Morgan fingerprint density at radius 2 is 2.11 bits per heavy atom. The average Bonchev–Trinajstić information content (AvgIpc) is 2.66. The first-order valence-electron chi connectivity index (χ1n) is 5.73. The average molecular weight is 247 g/mol. The highest BCUT2D eigenvalue weighted by atomic mass is 16.3. The van der Waals surface area contributed by atoms with Gasteiger partial charge in [-0.1, -0.05) is 6.07 Å². The highest BCUT2D eigenvalue weighted by Gasteiger charge is 2.32. The van der Waals surface area contributed by atoms with Gasteiger partial charge >= 0.3 is 0 Å². The third-order valence-electron chi connectivity index (χ3n) is 3.07. The predicted octanol–water partition coefficient (Wildman–Crippen LogP) is 1.75. The van der Waals surface area contributed by atoms with Crippen molar-refractivity contribution in [1.29, 1.82) is 0 Å². The molecular weight excluding hydrogens is 230 g/mol. The number of benzene rings is 1. The van der Waals surface area contributed by atoms with E-state index in [1.807, 2.05) is 32.0 Å². The lowest BCUT2D eigenvalue weighted by atomic mass is 9.83. The Morgan fingerprint density at radius 3 is 2.72 bits per heavy atom. The van der Waals surface area contributed by atoms with Gasteiger partial charge in [-0.2, -0.15) is 0 Å². The van der Waals surface area contributed by atoms with Crippen molar-refractivity contribution in [1.82, 2.24) is 9.99 Å². The number of hydrazine groups is 1. The zero-order valence-corrected chi connectivity index (χ0v) is 11.0. The fraction of sp³-hybridized carbons (Fsp3) is 0.385. The number of amides is 1. The molecule has 1 aromatic heterocycles. The van der Waals surface area contributed by atoms with E-state index in [9.17, 15) is 4.79 Å². The van der Waals surface area contributed by atoms with E-state index in [4.69, 9.17) is 10.3 Å². The van der Waals surface area contributed by atoms with Gasteiger partial charge in [0, 0.05) is 14.0 Å². The summed E-state index contributed by atoms with van der Waals surface area (Å²) in [7, 11) is 1.54. The van der Waals surface area contributed by atoms with E-state index in [-0.39, 0.29) is 5.91 Å². The van der Waals surface area contributed by atoms with Crippen LogP contribution in [0.4, 0.5) is 0 Å². The first kappa shape index (κ1) is 12.6. The van der Waals surface area contributed by atoms with Gasteiger partial charge < -0.3 is 4.42 Å². The predicted molar refractivity (Wildman–Crippen MR) is 68.7 cm³/mol. The number of nitrogens with zero attached hydrogens (tertiary/aromatic N) is 2. The maximum atomic E-state index is 12.1. The molecule has 5 nitrogen and oxygen atoms in total. The van der Waals surface area contributed by atoms with Crippen LogP contribution in [0, 0.1) is 6.92 Å². The van der Waals surface area contributed by atoms with Crippen molar-refractivity contribution in [3.05, 3.63) is 29.7 Å². The summed E-state index contributed by atoms with van der Waals surface area (Å²) in [6.45, 7) is 5.48. The Bertz CT molecular complexity index is 599. The van der Waals surface area contributed by atoms with Crippen LogP contribution in [0.2, 0.25) is 0 Å². The molecule has 0 radical (unpaired) electrons. The van der Waals surface area contributed by atoms with Crippen molar-refractivity contribution in [3.63, 3.8) is 0 Å². The number of likely N-dealkylation sites (N-methyl/N-ethyl adjacent to an activating group) is 1. The number of fused-ring (bicyclic) bond motifs is 1. The van der Waals surface area contributed by atoms with Gasteiger partial charge in [-0.05, 0) is 31.5 Å². The summed E-state index contributed by atoms with van der Waals surface area (Å²) in [6.07, 6.45) is 0. The van der Waals surface area contributed by atoms with Crippen LogP contribution in [-0.4, -0.2) is 22.9 Å². The fourth-order valence-electron chi connectivity index (χ4n) is 2.00. The van der Waals surface area contributed by atoms with E-state index in [1.165, 1.54) is 0 Å². The molecule has 2 aromatic rings. The summed E-state index contributed by atoms with van der Waals surface area (Å²) in [6, 6.07) is 5.57. The normalized spacial score (nSPS) is 11.8. The maximum Gasteiger partial charge on any atom is 0.246 e. The molecular formula is C13H17N3O2. The summed E-state index contributed by atoms with van der Waals surface area (Å²) in [5.41, 5.74) is 1.65. The first-order valence-corrected chi connectivity index (χ1v) is 5.73. The van der Waals surface area contributed by atoms with E-state index < -0.39 is 5.41 Å². The van der Waals surface area contributed by atoms with Crippen LogP contribution in [0.15, 0.2) is 22.6 Å². The molecule has 18 heavy (non-hydrogen) atoms. The quantitative estimate of drug-likeness (QED) is 0.498. The number of hydrogen-bond donors (Lipinski definition) is 1. The molecule has 0 saturated carbocycles. The molecule has 2 N–H and O–H groups in total. The first-order chi connectivity index (χ1) is 8.32. The Hall–Kier alpha value is -1.88. The minimum absolute atomic E-state index is 0.151. The number of carbonyl (C=O) groups excluding carboxylic acids is 1. The summed E-state index contributed by atoms with van der Waals surface area (Å²) < 4.78 is 5.41. The van der Waals surface area contributed by atoms with Crippen LogP contribution in [0.1, 0.15) is 25.3 Å². The zero-order valence-electron chi connectivity index (χ0n) is 11.0. The lowest BCUT2D eigenvalue weighted by Crippen LogP contribution is -2.44. The summed E-state index contributed by atoms with van der Waals surface area (Å²) in [5, 5.41) is 1.11. The summed E-state index contributed by atoms with van der Waals surface area (Å²) in [5.74, 6) is 5.99. The third kappa shape index (κ3) is 1.97. The van der Waals surface area contributed by atoms with E-state index in [0.717, 1.165) is 21.7 Å². The van der Waals surface area contributed by atoms with E-state index >= 15 is 0 Å². The highest BCUT2D eigenvalue weighted by Crippen LogP contribution is 2.28. The monoisotopic (exact) mass is 247 g/mol. The van der Waals surface area contributed by atoms with Gasteiger partial charge in [-0.25, -0.2) is 10.8 Å². The van der Waals surface area contributed by atoms with Crippen molar-refractivity contribution < 1.29 is 9.21 Å². The van der Waals surface area contributed by atoms with Gasteiger partial charge in [0.25, 0.3) is 0 Å². The lowest BCUT2D eigenvalue weighted by molar-refractivity contribution is -0.135. The van der Waals surface area contributed by atoms with Crippen molar-refractivity contribution in [2.75, 3.05) is 7.05 Å². The summed E-state index contributed by atoms with van der Waals surface area (Å²) in [4.78, 5) is 16.3. The van der Waals surface area contributed by atoms with Gasteiger partial charge in [0.2, 0.25) is 5.91 Å². The van der Waals surface area contributed by atoms with Gasteiger partial charge in [-0.15, -0.1) is 0 Å². The molecule has 0 aliphatic carbocycles. The smallest absolute Gasteiger partial charge is 0.246 e. The zero-order chi connectivity index (χ0) is 13.5. The van der Waals surface area contributed by atoms with Crippen molar-refractivity contribution >= 4 is 17.0 Å². The van der Waals surface area contributed by atoms with Gasteiger partial charge in [0.15, 0.2) is 11.5 Å². The molecule has 0 unspecified atom stereocenters. The van der Waals surface area contributed by atoms with Gasteiger partial charge in [-0.3, -0.25) is 9.80 Å².